The van der Waals surface area contributed by atoms with E-state index in [4.69, 9.17) is 4.42 Å². The molecule has 0 bridgehead atoms. The molecule has 0 spiro atoms. The molecule has 8 nitrogen and oxygen atoms in total. The zero-order valence-electron chi connectivity index (χ0n) is 18.0. The van der Waals surface area contributed by atoms with E-state index < -0.39 is 0 Å². The van der Waals surface area contributed by atoms with Crippen molar-refractivity contribution in [2.45, 2.75) is 32.7 Å². The number of carbonyl (C=O) groups is 3. The highest BCUT2D eigenvalue weighted by Gasteiger charge is 2.21. The molecule has 32 heavy (non-hydrogen) atoms. The van der Waals surface area contributed by atoms with Crippen LogP contribution >= 0.6 is 11.3 Å². The first-order valence-electron chi connectivity index (χ1n) is 10.4. The van der Waals surface area contributed by atoms with E-state index in [0.717, 1.165) is 5.56 Å². The Morgan fingerprint density at radius 2 is 1.91 bits per heavy atom. The smallest absolute Gasteiger partial charge is 0.290 e. The Labute approximate surface area is 190 Å². The quantitative estimate of drug-likeness (QED) is 0.487. The van der Waals surface area contributed by atoms with Gasteiger partial charge in [0.2, 0.25) is 11.8 Å². The third kappa shape index (κ3) is 6.52. The summed E-state index contributed by atoms with van der Waals surface area (Å²) in [7, 11) is 0. The maximum atomic E-state index is 12.5. The molecule has 0 fully saturated rings. The summed E-state index contributed by atoms with van der Waals surface area (Å²) < 4.78 is 5.15. The summed E-state index contributed by atoms with van der Waals surface area (Å²) in [6.07, 6.45) is 2.24. The zero-order chi connectivity index (χ0) is 22.9. The number of hydrogen-bond donors (Lipinski definition) is 2. The first-order chi connectivity index (χ1) is 15.5. The van der Waals surface area contributed by atoms with Gasteiger partial charge in [-0.2, -0.15) is 0 Å². The average Bonchev–Trinajstić information content (AvgIpc) is 3.46. The Hall–Kier alpha value is -3.46. The summed E-state index contributed by atoms with van der Waals surface area (Å²) in [5, 5.41) is 7.77. The topological polar surface area (TPSA) is 105 Å². The van der Waals surface area contributed by atoms with Crippen LogP contribution in [0.15, 0.2) is 58.5 Å². The van der Waals surface area contributed by atoms with Crippen molar-refractivity contribution in [2.75, 3.05) is 18.4 Å². The van der Waals surface area contributed by atoms with E-state index in [0.29, 0.717) is 23.8 Å². The molecular formula is C23H26N4O4S. The average molecular weight is 455 g/mol. The van der Waals surface area contributed by atoms with Crippen LogP contribution < -0.4 is 10.6 Å². The van der Waals surface area contributed by atoms with Crippen LogP contribution in [-0.4, -0.2) is 40.7 Å². The van der Waals surface area contributed by atoms with Crippen molar-refractivity contribution in [1.82, 2.24) is 15.2 Å². The Morgan fingerprint density at radius 3 is 2.59 bits per heavy atom. The summed E-state index contributed by atoms with van der Waals surface area (Å²) in [6, 6.07) is 12.8. The van der Waals surface area contributed by atoms with Gasteiger partial charge in [-0.1, -0.05) is 37.3 Å². The van der Waals surface area contributed by atoms with Gasteiger partial charge in [-0.05, 0) is 31.0 Å². The first kappa shape index (κ1) is 23.2. The van der Waals surface area contributed by atoms with Gasteiger partial charge in [-0.25, -0.2) is 4.98 Å². The number of benzene rings is 1. The predicted molar refractivity (Wildman–Crippen MR) is 122 cm³/mol. The fourth-order valence-corrected chi connectivity index (χ4v) is 3.86. The lowest BCUT2D eigenvalue weighted by Crippen LogP contribution is -2.38. The van der Waals surface area contributed by atoms with Crippen molar-refractivity contribution in [2.24, 2.45) is 0 Å². The number of furan rings is 1. The van der Waals surface area contributed by atoms with Crippen molar-refractivity contribution < 1.29 is 18.8 Å². The third-order valence-electron chi connectivity index (χ3n) is 4.66. The van der Waals surface area contributed by atoms with Crippen molar-refractivity contribution in [3.8, 4) is 0 Å². The number of aromatic nitrogens is 1. The van der Waals surface area contributed by atoms with Crippen LogP contribution in [0, 0.1) is 0 Å². The molecule has 3 rings (SSSR count). The summed E-state index contributed by atoms with van der Waals surface area (Å²) in [5.41, 5.74) is 1.59. The van der Waals surface area contributed by atoms with Gasteiger partial charge in [0.15, 0.2) is 10.9 Å². The minimum atomic E-state index is -0.360. The molecule has 168 valence electrons. The lowest BCUT2D eigenvalue weighted by molar-refractivity contribution is -0.121. The number of amides is 3. The Kier molecular flexibility index (Phi) is 8.15. The monoisotopic (exact) mass is 454 g/mol. The molecule has 0 radical (unpaired) electrons. The van der Waals surface area contributed by atoms with Crippen LogP contribution in [0.2, 0.25) is 0 Å². The number of anilines is 1. The maximum absolute atomic E-state index is 12.5. The van der Waals surface area contributed by atoms with Crippen LogP contribution in [-0.2, 0) is 16.0 Å². The van der Waals surface area contributed by atoms with Gasteiger partial charge < -0.3 is 20.0 Å². The second-order valence-corrected chi connectivity index (χ2v) is 8.13. The van der Waals surface area contributed by atoms with Crippen LogP contribution in [0.4, 0.5) is 5.13 Å². The highest BCUT2D eigenvalue weighted by Crippen LogP contribution is 2.17. The summed E-state index contributed by atoms with van der Waals surface area (Å²) in [6.45, 7) is 4.16. The second-order valence-electron chi connectivity index (χ2n) is 7.27. The van der Waals surface area contributed by atoms with Crippen molar-refractivity contribution in [3.05, 3.63) is 71.1 Å². The maximum Gasteiger partial charge on any atom is 0.290 e. The lowest BCUT2D eigenvalue weighted by Gasteiger charge is -2.20. The molecule has 1 atom stereocenters. The SMILES string of the molecule is CCCN(CC(=O)Nc1nc(CC(=O)NC(C)c2ccccc2)cs1)C(=O)c1ccco1. The molecule has 0 aliphatic carbocycles. The number of thiazole rings is 1. The molecule has 0 saturated carbocycles. The lowest BCUT2D eigenvalue weighted by atomic mass is 10.1. The highest BCUT2D eigenvalue weighted by molar-refractivity contribution is 7.13. The minimum Gasteiger partial charge on any atom is -0.459 e. The molecule has 3 aromatic rings. The molecule has 1 unspecified atom stereocenters. The van der Waals surface area contributed by atoms with Gasteiger partial charge in [0, 0.05) is 11.9 Å². The van der Waals surface area contributed by atoms with E-state index in [1.54, 1.807) is 17.5 Å². The summed E-state index contributed by atoms with van der Waals surface area (Å²) >= 11 is 1.24. The van der Waals surface area contributed by atoms with Crippen LogP contribution in [0.1, 0.15) is 48.1 Å². The molecule has 2 heterocycles. The Balaban J connectivity index is 1.51. The van der Waals surface area contributed by atoms with E-state index in [1.807, 2.05) is 44.2 Å². The van der Waals surface area contributed by atoms with Gasteiger partial charge in [0.05, 0.1) is 24.4 Å². The Bertz CT molecular complexity index is 1030. The molecule has 2 aromatic heterocycles. The van der Waals surface area contributed by atoms with Gasteiger partial charge in [0.25, 0.3) is 5.91 Å². The normalized spacial score (nSPS) is 11.6. The highest BCUT2D eigenvalue weighted by atomic mass is 32.1. The van der Waals surface area contributed by atoms with Crippen LogP contribution in [0.5, 0.6) is 0 Å². The molecule has 1 aromatic carbocycles. The number of nitrogens with one attached hydrogen (secondary N) is 2. The van der Waals surface area contributed by atoms with Crippen LogP contribution in [0.25, 0.3) is 0 Å². The second kappa shape index (κ2) is 11.2. The number of carbonyl (C=O) groups excluding carboxylic acids is 3. The standard InChI is InChI=1S/C23H26N4O4S/c1-3-11-27(22(30)19-10-7-12-31-19)14-21(29)26-23-25-18(15-32-23)13-20(28)24-16(2)17-8-5-4-6-9-17/h4-10,12,15-16H,3,11,13-14H2,1-2H3,(H,24,28)(H,25,26,29). The molecule has 0 aliphatic heterocycles. The largest absolute Gasteiger partial charge is 0.459 e. The predicted octanol–water partition coefficient (Wildman–Crippen LogP) is 3.65. The molecule has 9 heteroatoms. The Morgan fingerprint density at radius 1 is 1.12 bits per heavy atom. The third-order valence-corrected chi connectivity index (χ3v) is 5.47. The van der Waals surface area contributed by atoms with Gasteiger partial charge in [0.1, 0.15) is 6.54 Å². The summed E-state index contributed by atoms with van der Waals surface area (Å²) in [4.78, 5) is 43.1. The zero-order valence-corrected chi connectivity index (χ0v) is 18.9. The van der Waals surface area contributed by atoms with Crippen LogP contribution in [0.3, 0.4) is 0 Å². The van der Waals surface area contributed by atoms with E-state index in [2.05, 4.69) is 15.6 Å². The van der Waals surface area contributed by atoms with E-state index >= 15 is 0 Å². The van der Waals surface area contributed by atoms with E-state index in [-0.39, 0.29) is 42.5 Å². The number of nitrogens with zero attached hydrogens (tertiary/aromatic N) is 2. The summed E-state index contributed by atoms with van der Waals surface area (Å²) in [5.74, 6) is -0.654. The molecular weight excluding hydrogens is 428 g/mol. The van der Waals surface area contributed by atoms with Crippen molar-refractivity contribution >= 4 is 34.2 Å². The van der Waals surface area contributed by atoms with Crippen molar-refractivity contribution in [3.63, 3.8) is 0 Å². The molecule has 2 N–H and O–H groups in total. The van der Waals surface area contributed by atoms with Crippen molar-refractivity contribution in [1.29, 1.82) is 0 Å². The minimum absolute atomic E-state index is 0.113. The number of rotatable bonds is 10. The fourth-order valence-electron chi connectivity index (χ4n) is 3.14. The first-order valence-corrected chi connectivity index (χ1v) is 11.3. The van der Waals surface area contributed by atoms with Gasteiger partial charge >= 0.3 is 0 Å². The number of hydrogen-bond acceptors (Lipinski definition) is 6. The molecule has 0 saturated heterocycles. The fraction of sp³-hybridized carbons (Fsp3) is 0.304. The van der Waals surface area contributed by atoms with E-state index in [1.165, 1.54) is 22.5 Å². The molecule has 0 aliphatic rings. The van der Waals surface area contributed by atoms with Gasteiger partial charge in [-0.15, -0.1) is 11.3 Å². The van der Waals surface area contributed by atoms with Gasteiger partial charge in [-0.3, -0.25) is 14.4 Å². The molecule has 3 amide bonds. The van der Waals surface area contributed by atoms with E-state index in [9.17, 15) is 14.4 Å².